The van der Waals surface area contributed by atoms with Crippen LogP contribution in [0.1, 0.15) is 17.2 Å². The molecule has 1 saturated heterocycles. The van der Waals surface area contributed by atoms with Gasteiger partial charge in [-0.25, -0.2) is 4.99 Å². The lowest BCUT2D eigenvalue weighted by Crippen LogP contribution is -2.45. The van der Waals surface area contributed by atoms with Crippen molar-refractivity contribution >= 4 is 17.6 Å². The number of methoxy groups -OCH3 is 2. The van der Waals surface area contributed by atoms with Crippen molar-refractivity contribution in [1.29, 1.82) is 0 Å². The molecule has 3 rings (SSSR count). The van der Waals surface area contributed by atoms with E-state index in [0.717, 1.165) is 29.2 Å². The van der Waals surface area contributed by atoms with Gasteiger partial charge in [0.05, 0.1) is 40.0 Å². The fourth-order valence-corrected chi connectivity index (χ4v) is 3.74. The SMILES string of the molecule is COc1ccc(CN=C(N)NCC(c2ccccc2Cl)N2CCOCC2)cc1OC. The third-order valence-electron chi connectivity index (χ3n) is 5.11. The van der Waals surface area contributed by atoms with Crippen LogP contribution < -0.4 is 20.5 Å². The van der Waals surface area contributed by atoms with E-state index in [4.69, 9.17) is 31.5 Å². The first-order valence-corrected chi connectivity index (χ1v) is 10.3. The van der Waals surface area contributed by atoms with Gasteiger partial charge in [0.1, 0.15) is 0 Å². The maximum atomic E-state index is 6.48. The second-order valence-corrected chi connectivity index (χ2v) is 7.36. The fraction of sp³-hybridized carbons (Fsp3) is 0.409. The Kier molecular flexibility index (Phi) is 8.19. The minimum atomic E-state index is 0.0810. The van der Waals surface area contributed by atoms with Gasteiger partial charge in [-0.15, -0.1) is 0 Å². The quantitative estimate of drug-likeness (QED) is 0.493. The van der Waals surface area contributed by atoms with Crippen LogP contribution in [0.4, 0.5) is 0 Å². The molecule has 2 aromatic rings. The molecule has 1 unspecified atom stereocenters. The van der Waals surface area contributed by atoms with Gasteiger partial charge < -0.3 is 25.3 Å². The maximum absolute atomic E-state index is 6.48. The molecule has 0 aromatic heterocycles. The number of guanidine groups is 1. The second kappa shape index (κ2) is 11.1. The lowest BCUT2D eigenvalue weighted by atomic mass is 10.0. The first-order chi connectivity index (χ1) is 14.6. The third kappa shape index (κ3) is 5.78. The summed E-state index contributed by atoms with van der Waals surface area (Å²) in [6.07, 6.45) is 0. The van der Waals surface area contributed by atoms with Crippen molar-refractivity contribution in [2.75, 3.05) is 47.1 Å². The minimum Gasteiger partial charge on any atom is -0.493 e. The molecule has 1 aliphatic heterocycles. The van der Waals surface area contributed by atoms with E-state index in [0.29, 0.717) is 43.8 Å². The summed E-state index contributed by atoms with van der Waals surface area (Å²) >= 11 is 6.48. The zero-order valence-electron chi connectivity index (χ0n) is 17.4. The van der Waals surface area contributed by atoms with Gasteiger partial charge >= 0.3 is 0 Å². The second-order valence-electron chi connectivity index (χ2n) is 6.96. The molecular weight excluding hydrogens is 404 g/mol. The van der Waals surface area contributed by atoms with Crippen molar-refractivity contribution < 1.29 is 14.2 Å². The summed E-state index contributed by atoms with van der Waals surface area (Å²) in [6.45, 7) is 4.16. The summed E-state index contributed by atoms with van der Waals surface area (Å²) < 4.78 is 16.1. The van der Waals surface area contributed by atoms with Crippen molar-refractivity contribution in [2.24, 2.45) is 10.7 Å². The van der Waals surface area contributed by atoms with Crippen LogP contribution in [0.25, 0.3) is 0 Å². The topological polar surface area (TPSA) is 81.3 Å². The van der Waals surface area contributed by atoms with Crippen LogP contribution in [0.2, 0.25) is 5.02 Å². The van der Waals surface area contributed by atoms with Crippen molar-refractivity contribution in [3.8, 4) is 11.5 Å². The highest BCUT2D eigenvalue weighted by atomic mass is 35.5. The van der Waals surface area contributed by atoms with Crippen molar-refractivity contribution in [3.63, 3.8) is 0 Å². The molecule has 0 aliphatic carbocycles. The Morgan fingerprint density at radius 2 is 1.90 bits per heavy atom. The summed E-state index contributed by atoms with van der Waals surface area (Å²) in [4.78, 5) is 6.83. The lowest BCUT2D eigenvalue weighted by Gasteiger charge is -2.35. The monoisotopic (exact) mass is 432 g/mol. The molecule has 1 aliphatic rings. The molecule has 3 N–H and O–H groups in total. The summed E-state index contributed by atoms with van der Waals surface area (Å²) in [5.41, 5.74) is 8.20. The van der Waals surface area contributed by atoms with Crippen LogP contribution in [0.5, 0.6) is 11.5 Å². The smallest absolute Gasteiger partial charge is 0.188 e. The average molecular weight is 433 g/mol. The minimum absolute atomic E-state index is 0.0810. The predicted octanol–water partition coefficient (Wildman–Crippen LogP) is 2.84. The van der Waals surface area contributed by atoms with E-state index >= 15 is 0 Å². The molecule has 0 radical (unpaired) electrons. The Morgan fingerprint density at radius 3 is 2.60 bits per heavy atom. The molecule has 7 nitrogen and oxygen atoms in total. The largest absolute Gasteiger partial charge is 0.493 e. The van der Waals surface area contributed by atoms with Gasteiger partial charge in [-0.3, -0.25) is 4.90 Å². The van der Waals surface area contributed by atoms with Crippen LogP contribution in [-0.2, 0) is 11.3 Å². The van der Waals surface area contributed by atoms with Crippen molar-refractivity contribution in [3.05, 3.63) is 58.6 Å². The van der Waals surface area contributed by atoms with Gasteiger partial charge in [-0.1, -0.05) is 35.9 Å². The van der Waals surface area contributed by atoms with Crippen LogP contribution in [0.3, 0.4) is 0 Å². The van der Waals surface area contributed by atoms with Gasteiger partial charge in [0.2, 0.25) is 0 Å². The highest BCUT2D eigenvalue weighted by molar-refractivity contribution is 6.31. The third-order valence-corrected chi connectivity index (χ3v) is 5.45. The van der Waals surface area contributed by atoms with Crippen LogP contribution in [0.15, 0.2) is 47.5 Å². The number of benzene rings is 2. The number of nitrogens with zero attached hydrogens (tertiary/aromatic N) is 2. The maximum Gasteiger partial charge on any atom is 0.188 e. The highest BCUT2D eigenvalue weighted by Gasteiger charge is 2.24. The molecule has 2 aromatic carbocycles. The van der Waals surface area contributed by atoms with Crippen LogP contribution in [-0.4, -0.2) is 57.9 Å². The summed E-state index contributed by atoms with van der Waals surface area (Å²) in [7, 11) is 3.22. The van der Waals surface area contributed by atoms with Crippen LogP contribution >= 0.6 is 11.6 Å². The Morgan fingerprint density at radius 1 is 1.17 bits per heavy atom. The molecule has 0 bridgehead atoms. The Bertz CT molecular complexity index is 856. The Balaban J connectivity index is 1.66. The number of morpholine rings is 1. The number of halogens is 1. The lowest BCUT2D eigenvalue weighted by molar-refractivity contribution is 0.0170. The van der Waals surface area contributed by atoms with Gasteiger partial charge in [-0.05, 0) is 29.3 Å². The standard InChI is InChI=1S/C22H29ClN4O3/c1-28-20-8-7-16(13-21(20)29-2)14-25-22(24)26-15-19(27-9-11-30-12-10-27)17-5-3-4-6-18(17)23/h3-8,13,19H,9-12,14-15H2,1-2H3,(H3,24,25,26). The van der Waals surface area contributed by atoms with Crippen LogP contribution in [0, 0.1) is 0 Å². The van der Waals surface area contributed by atoms with Crippen molar-refractivity contribution in [1.82, 2.24) is 10.2 Å². The Labute approximate surface area is 182 Å². The number of nitrogens with two attached hydrogens (primary N) is 1. The average Bonchev–Trinajstić information content (AvgIpc) is 2.79. The molecular formula is C22H29ClN4O3. The molecule has 1 heterocycles. The number of hydrogen-bond acceptors (Lipinski definition) is 5. The molecule has 30 heavy (non-hydrogen) atoms. The first kappa shape index (κ1) is 22.2. The number of rotatable bonds is 8. The molecule has 0 amide bonds. The van der Waals surface area contributed by atoms with E-state index in [1.807, 2.05) is 36.4 Å². The van der Waals surface area contributed by atoms with E-state index in [9.17, 15) is 0 Å². The summed E-state index contributed by atoms with van der Waals surface area (Å²) in [6, 6.07) is 13.7. The fourth-order valence-electron chi connectivity index (χ4n) is 3.48. The first-order valence-electron chi connectivity index (χ1n) is 9.93. The molecule has 0 spiro atoms. The Hall–Kier alpha value is -2.48. The molecule has 162 valence electrons. The molecule has 1 atom stereocenters. The number of nitrogens with one attached hydrogen (secondary N) is 1. The number of aliphatic imine (C=N–C) groups is 1. The zero-order chi connectivity index (χ0) is 21.3. The van der Waals surface area contributed by atoms with E-state index in [1.54, 1.807) is 14.2 Å². The zero-order valence-corrected chi connectivity index (χ0v) is 18.2. The van der Waals surface area contributed by atoms with E-state index in [1.165, 1.54) is 0 Å². The van der Waals surface area contributed by atoms with E-state index < -0.39 is 0 Å². The van der Waals surface area contributed by atoms with Gasteiger partial charge in [0.15, 0.2) is 17.5 Å². The molecule has 8 heteroatoms. The highest BCUT2D eigenvalue weighted by Crippen LogP contribution is 2.28. The predicted molar refractivity (Wildman–Crippen MR) is 119 cm³/mol. The summed E-state index contributed by atoms with van der Waals surface area (Å²) in [5, 5.41) is 4.00. The van der Waals surface area contributed by atoms with Crippen molar-refractivity contribution in [2.45, 2.75) is 12.6 Å². The van der Waals surface area contributed by atoms with Gasteiger partial charge in [0.25, 0.3) is 0 Å². The summed E-state index contributed by atoms with van der Waals surface area (Å²) in [5.74, 6) is 1.74. The normalized spacial score (nSPS) is 16.2. The van der Waals surface area contributed by atoms with Gasteiger partial charge in [0, 0.05) is 24.7 Å². The van der Waals surface area contributed by atoms with E-state index in [-0.39, 0.29) is 6.04 Å². The number of ether oxygens (including phenoxy) is 3. The molecule has 0 saturated carbocycles. The molecule has 1 fully saturated rings. The van der Waals surface area contributed by atoms with Gasteiger partial charge in [-0.2, -0.15) is 0 Å². The van der Waals surface area contributed by atoms with E-state index in [2.05, 4.69) is 21.3 Å². The number of hydrogen-bond donors (Lipinski definition) is 2.